The summed E-state index contributed by atoms with van der Waals surface area (Å²) >= 11 is 3.91. The molecule has 0 spiro atoms. The molecule has 0 saturated heterocycles. The molecule has 0 fully saturated rings. The maximum atomic E-state index is 11.9. The summed E-state index contributed by atoms with van der Waals surface area (Å²) in [5.74, 6) is 0.326. The summed E-state index contributed by atoms with van der Waals surface area (Å²) in [5, 5.41) is 25.0. The third-order valence-electron chi connectivity index (χ3n) is 3.00. The van der Waals surface area contributed by atoms with Crippen LogP contribution in [0.2, 0.25) is 0 Å². The topological polar surface area (TPSA) is 114 Å². The molecular formula is C14H18N6O2S3. The fourth-order valence-corrected chi connectivity index (χ4v) is 4.37. The summed E-state index contributed by atoms with van der Waals surface area (Å²) < 4.78 is 1.32. The smallest absolute Gasteiger partial charge is 0.232 e. The van der Waals surface area contributed by atoms with Crippen LogP contribution < -0.4 is 0 Å². The first kappa shape index (κ1) is 21.2. The maximum Gasteiger partial charge on any atom is 0.232 e. The van der Waals surface area contributed by atoms with Gasteiger partial charge >= 0.3 is 0 Å². The molecule has 0 N–H and O–H groups in total. The maximum absolute atomic E-state index is 11.9. The quantitative estimate of drug-likeness (QED) is 0.544. The van der Waals surface area contributed by atoms with Crippen molar-refractivity contribution in [2.24, 2.45) is 0 Å². The minimum Gasteiger partial charge on any atom is -0.344 e. The highest BCUT2D eigenvalue weighted by Crippen LogP contribution is 2.28. The molecule has 0 saturated carbocycles. The Morgan fingerprint density at radius 1 is 0.960 bits per heavy atom. The average Bonchev–Trinajstić information content (AvgIpc) is 3.07. The van der Waals surface area contributed by atoms with Gasteiger partial charge in [-0.15, -0.1) is 10.2 Å². The summed E-state index contributed by atoms with van der Waals surface area (Å²) in [6.45, 7) is 0.823. The predicted octanol–water partition coefficient (Wildman–Crippen LogP) is 1.47. The van der Waals surface area contributed by atoms with Crippen molar-refractivity contribution in [1.82, 2.24) is 20.0 Å². The molecule has 0 aliphatic heterocycles. The van der Waals surface area contributed by atoms with Crippen LogP contribution in [0, 0.1) is 22.7 Å². The molecule has 0 radical (unpaired) electrons. The molecule has 0 aromatic carbocycles. The van der Waals surface area contributed by atoms with Gasteiger partial charge in [0.05, 0.1) is 36.5 Å². The van der Waals surface area contributed by atoms with Crippen molar-refractivity contribution in [3.63, 3.8) is 0 Å². The second-order valence-electron chi connectivity index (χ2n) is 4.86. The zero-order chi connectivity index (χ0) is 18.7. The van der Waals surface area contributed by atoms with Gasteiger partial charge in [-0.1, -0.05) is 34.9 Å². The van der Waals surface area contributed by atoms with Crippen LogP contribution in [0.15, 0.2) is 8.68 Å². The normalized spacial score (nSPS) is 9.92. The first-order valence-corrected chi connectivity index (χ1v) is 10.1. The molecule has 0 aliphatic rings. The lowest BCUT2D eigenvalue weighted by atomic mass is 10.4. The summed E-state index contributed by atoms with van der Waals surface area (Å²) in [4.78, 5) is 26.8. The van der Waals surface area contributed by atoms with Gasteiger partial charge in [-0.2, -0.15) is 10.5 Å². The number of thioether (sulfide) groups is 2. The number of hydrogen-bond acceptors (Lipinski definition) is 9. The molecule has 0 unspecified atom stereocenters. The molecule has 0 bridgehead atoms. The summed E-state index contributed by atoms with van der Waals surface area (Å²) in [6.07, 6.45) is 0.618. The first-order valence-electron chi connectivity index (χ1n) is 7.28. The number of carbonyl (C=O) groups excluding carboxylic acids is 2. The summed E-state index contributed by atoms with van der Waals surface area (Å²) in [5.41, 5.74) is 0. The van der Waals surface area contributed by atoms with E-state index in [2.05, 4.69) is 10.2 Å². The third kappa shape index (κ3) is 8.20. The Morgan fingerprint density at radius 2 is 1.36 bits per heavy atom. The number of amides is 2. The SMILES string of the molecule is CN(CCC#N)C(=O)CSc1nnc(SCC(=O)N(C)CCC#N)s1. The summed E-state index contributed by atoms with van der Waals surface area (Å²) in [6, 6.07) is 4.00. The van der Waals surface area contributed by atoms with E-state index in [1.807, 2.05) is 12.1 Å². The molecule has 1 aromatic heterocycles. The monoisotopic (exact) mass is 398 g/mol. The highest BCUT2D eigenvalue weighted by molar-refractivity contribution is 8.03. The highest BCUT2D eigenvalue weighted by Gasteiger charge is 2.14. The predicted molar refractivity (Wildman–Crippen MR) is 97.1 cm³/mol. The number of rotatable bonds is 10. The molecule has 1 rings (SSSR count). The lowest BCUT2D eigenvalue weighted by molar-refractivity contribution is -0.127. The van der Waals surface area contributed by atoms with Crippen LogP contribution in [0.4, 0.5) is 0 Å². The van der Waals surface area contributed by atoms with Crippen LogP contribution in [0.1, 0.15) is 12.8 Å². The van der Waals surface area contributed by atoms with Gasteiger partial charge in [0.15, 0.2) is 8.68 Å². The zero-order valence-electron chi connectivity index (χ0n) is 14.0. The van der Waals surface area contributed by atoms with Gasteiger partial charge in [-0.3, -0.25) is 9.59 Å². The Morgan fingerprint density at radius 3 is 1.72 bits per heavy atom. The second kappa shape index (κ2) is 11.7. The van der Waals surface area contributed by atoms with E-state index in [1.54, 1.807) is 14.1 Å². The number of hydrogen-bond donors (Lipinski definition) is 0. The van der Waals surface area contributed by atoms with Gasteiger partial charge in [-0.25, -0.2) is 0 Å². The standard InChI is InChI=1S/C14H18N6O2S3/c1-19(7-3-5-15)11(21)9-23-13-17-18-14(25-13)24-10-12(22)20(2)8-4-6-16/h3-4,7-10H2,1-2H3. The van der Waals surface area contributed by atoms with Crippen LogP contribution in [0.3, 0.4) is 0 Å². The minimum atomic E-state index is -0.0704. The Bertz CT molecular complexity index is 612. The van der Waals surface area contributed by atoms with E-state index >= 15 is 0 Å². The molecule has 0 aliphatic carbocycles. The fraction of sp³-hybridized carbons (Fsp3) is 0.571. The van der Waals surface area contributed by atoms with Gasteiger partial charge in [0, 0.05) is 27.2 Å². The molecule has 1 heterocycles. The van der Waals surface area contributed by atoms with E-state index < -0.39 is 0 Å². The first-order chi connectivity index (χ1) is 12.0. The van der Waals surface area contributed by atoms with Crippen molar-refractivity contribution in [3.8, 4) is 12.1 Å². The van der Waals surface area contributed by atoms with Gasteiger partial charge in [0.1, 0.15) is 0 Å². The number of nitriles is 2. The third-order valence-corrected chi connectivity index (χ3v) is 6.16. The fourth-order valence-electron chi connectivity index (χ4n) is 1.47. The molecular weight excluding hydrogens is 380 g/mol. The van der Waals surface area contributed by atoms with Crippen LogP contribution >= 0.6 is 34.9 Å². The Kier molecular flexibility index (Phi) is 9.92. The van der Waals surface area contributed by atoms with Crippen molar-refractivity contribution in [2.45, 2.75) is 21.5 Å². The van der Waals surface area contributed by atoms with Crippen molar-refractivity contribution >= 4 is 46.7 Å². The van der Waals surface area contributed by atoms with E-state index in [-0.39, 0.29) is 23.3 Å². The van der Waals surface area contributed by atoms with Crippen molar-refractivity contribution < 1.29 is 9.59 Å². The Hall–Kier alpha value is -1.82. The largest absolute Gasteiger partial charge is 0.344 e. The molecule has 11 heteroatoms. The van der Waals surface area contributed by atoms with Crippen LogP contribution in [-0.2, 0) is 9.59 Å². The van der Waals surface area contributed by atoms with E-state index in [9.17, 15) is 9.59 Å². The molecule has 2 amide bonds. The number of aromatic nitrogens is 2. The highest BCUT2D eigenvalue weighted by atomic mass is 32.2. The van der Waals surface area contributed by atoms with Gasteiger partial charge < -0.3 is 9.80 Å². The Labute approximate surface area is 159 Å². The van der Waals surface area contributed by atoms with Crippen molar-refractivity contribution in [2.75, 3.05) is 38.7 Å². The van der Waals surface area contributed by atoms with E-state index in [4.69, 9.17) is 10.5 Å². The molecule has 1 aromatic rings. The van der Waals surface area contributed by atoms with Crippen LogP contribution in [-0.4, -0.2) is 70.5 Å². The number of nitrogens with zero attached hydrogens (tertiary/aromatic N) is 6. The van der Waals surface area contributed by atoms with E-state index in [1.165, 1.54) is 44.7 Å². The lowest BCUT2D eigenvalue weighted by Crippen LogP contribution is -2.29. The van der Waals surface area contributed by atoms with E-state index in [0.717, 1.165) is 0 Å². The number of carbonyl (C=O) groups is 2. The zero-order valence-corrected chi connectivity index (χ0v) is 16.4. The van der Waals surface area contributed by atoms with E-state index in [0.29, 0.717) is 34.6 Å². The average molecular weight is 399 g/mol. The molecule has 8 nitrogen and oxygen atoms in total. The van der Waals surface area contributed by atoms with Crippen LogP contribution in [0.25, 0.3) is 0 Å². The van der Waals surface area contributed by atoms with Crippen LogP contribution in [0.5, 0.6) is 0 Å². The lowest BCUT2D eigenvalue weighted by Gasteiger charge is -2.14. The summed E-state index contributed by atoms with van der Waals surface area (Å²) in [7, 11) is 3.33. The second-order valence-corrected chi connectivity index (χ2v) is 8.28. The minimum absolute atomic E-state index is 0.0704. The van der Waals surface area contributed by atoms with Gasteiger partial charge in [-0.05, 0) is 0 Å². The molecule has 25 heavy (non-hydrogen) atoms. The Balaban J connectivity index is 2.37. The molecule has 134 valence electrons. The van der Waals surface area contributed by atoms with Crippen molar-refractivity contribution in [3.05, 3.63) is 0 Å². The van der Waals surface area contributed by atoms with Gasteiger partial charge in [0.2, 0.25) is 11.8 Å². The molecule has 0 atom stereocenters. The van der Waals surface area contributed by atoms with Gasteiger partial charge in [0.25, 0.3) is 0 Å². The van der Waals surface area contributed by atoms with Crippen molar-refractivity contribution in [1.29, 1.82) is 10.5 Å².